The molecule has 0 radical (unpaired) electrons. The molecule has 8 nitrogen and oxygen atoms in total. The Balaban J connectivity index is 1.73. The Morgan fingerprint density at radius 3 is 2.06 bits per heavy atom. The molecule has 32 heavy (non-hydrogen) atoms. The number of carbonyl (C=O) groups excluding carboxylic acids is 4. The van der Waals surface area contributed by atoms with E-state index < -0.39 is 24.5 Å². The van der Waals surface area contributed by atoms with E-state index in [0.717, 1.165) is 11.1 Å². The molecule has 2 aromatic carbocycles. The number of esters is 2. The Morgan fingerprint density at radius 2 is 1.47 bits per heavy atom. The molecule has 0 heterocycles. The Labute approximate surface area is 187 Å². The van der Waals surface area contributed by atoms with Gasteiger partial charge in [-0.25, -0.2) is 4.79 Å². The zero-order chi connectivity index (χ0) is 23.7. The predicted molar refractivity (Wildman–Crippen MR) is 120 cm³/mol. The minimum atomic E-state index is -0.649. The van der Waals surface area contributed by atoms with Gasteiger partial charge < -0.3 is 20.1 Å². The van der Waals surface area contributed by atoms with Gasteiger partial charge >= 0.3 is 11.9 Å². The highest BCUT2D eigenvalue weighted by Crippen LogP contribution is 2.19. The van der Waals surface area contributed by atoms with Crippen molar-refractivity contribution in [1.82, 2.24) is 0 Å². The van der Waals surface area contributed by atoms with Crippen LogP contribution in [0.5, 0.6) is 0 Å². The molecule has 8 heteroatoms. The highest BCUT2D eigenvalue weighted by atomic mass is 16.5. The summed E-state index contributed by atoms with van der Waals surface area (Å²) in [4.78, 5) is 47.8. The van der Waals surface area contributed by atoms with E-state index in [4.69, 9.17) is 9.47 Å². The fourth-order valence-electron chi connectivity index (χ4n) is 2.82. The number of hydrogen-bond donors (Lipinski definition) is 2. The Kier molecular flexibility index (Phi) is 8.95. The van der Waals surface area contributed by atoms with Crippen LogP contribution in [0, 0.1) is 13.8 Å². The summed E-state index contributed by atoms with van der Waals surface area (Å²) in [5.74, 6) is -1.93. The molecule has 2 aromatic rings. The van der Waals surface area contributed by atoms with Crippen molar-refractivity contribution in [2.75, 3.05) is 17.2 Å². The second kappa shape index (κ2) is 11.6. The molecular formula is C24H28N2O6. The lowest BCUT2D eigenvalue weighted by Crippen LogP contribution is -2.22. The maximum absolute atomic E-state index is 12.0. The van der Waals surface area contributed by atoms with Crippen molar-refractivity contribution in [3.63, 3.8) is 0 Å². The third kappa shape index (κ3) is 7.86. The van der Waals surface area contributed by atoms with Gasteiger partial charge in [-0.3, -0.25) is 14.4 Å². The van der Waals surface area contributed by atoms with Crippen molar-refractivity contribution in [2.45, 2.75) is 46.6 Å². The zero-order valence-corrected chi connectivity index (χ0v) is 18.7. The second-order valence-corrected chi connectivity index (χ2v) is 7.56. The van der Waals surface area contributed by atoms with Crippen LogP contribution < -0.4 is 10.6 Å². The van der Waals surface area contributed by atoms with E-state index in [0.29, 0.717) is 16.9 Å². The molecule has 2 amide bonds. The smallest absolute Gasteiger partial charge is 0.338 e. The molecule has 0 bridgehead atoms. The molecule has 0 fully saturated rings. The number of rotatable bonds is 9. The van der Waals surface area contributed by atoms with Crippen LogP contribution in [0.3, 0.4) is 0 Å². The van der Waals surface area contributed by atoms with Gasteiger partial charge in [-0.1, -0.05) is 18.2 Å². The van der Waals surface area contributed by atoms with E-state index >= 15 is 0 Å². The number of ether oxygens (including phenoxy) is 2. The molecule has 0 aliphatic rings. The zero-order valence-electron chi connectivity index (χ0n) is 18.7. The first-order chi connectivity index (χ1) is 15.2. The molecular weight excluding hydrogens is 412 g/mol. The monoisotopic (exact) mass is 440 g/mol. The van der Waals surface area contributed by atoms with E-state index in [1.807, 2.05) is 32.0 Å². The molecule has 0 unspecified atom stereocenters. The summed E-state index contributed by atoms with van der Waals surface area (Å²) in [5, 5.41) is 5.36. The Hall–Kier alpha value is -3.68. The summed E-state index contributed by atoms with van der Waals surface area (Å²) in [6, 6.07) is 11.9. The third-order valence-corrected chi connectivity index (χ3v) is 4.41. The lowest BCUT2D eigenvalue weighted by Gasteiger charge is -2.11. The van der Waals surface area contributed by atoms with Gasteiger partial charge in [0.15, 0.2) is 6.61 Å². The maximum Gasteiger partial charge on any atom is 0.338 e. The fourth-order valence-corrected chi connectivity index (χ4v) is 2.82. The molecule has 0 saturated heterocycles. The van der Waals surface area contributed by atoms with Crippen molar-refractivity contribution in [2.24, 2.45) is 0 Å². The molecule has 0 aliphatic heterocycles. The topological polar surface area (TPSA) is 111 Å². The highest BCUT2D eigenvalue weighted by molar-refractivity contribution is 5.96. The van der Waals surface area contributed by atoms with Crippen molar-refractivity contribution in [3.8, 4) is 0 Å². The molecule has 2 N–H and O–H groups in total. The Bertz CT molecular complexity index is 962. The van der Waals surface area contributed by atoms with Crippen LogP contribution in [-0.4, -0.2) is 36.5 Å². The van der Waals surface area contributed by atoms with Crippen LogP contribution in [0.2, 0.25) is 0 Å². The average molecular weight is 440 g/mol. The minimum absolute atomic E-state index is 0.103. The standard InChI is InChI=1S/C24H28N2O6/c1-15(2)32-24(30)18-8-10-19(11-9-18)25-20(27)12-13-22(29)31-14-21(28)26-23-16(3)6-5-7-17(23)4/h5-11,15H,12-14H2,1-4H3,(H,25,27)(H,26,28). The first kappa shape index (κ1) is 24.6. The van der Waals surface area contributed by atoms with E-state index in [2.05, 4.69) is 10.6 Å². The first-order valence-electron chi connectivity index (χ1n) is 10.3. The largest absolute Gasteiger partial charge is 0.459 e. The van der Waals surface area contributed by atoms with Crippen molar-refractivity contribution in [1.29, 1.82) is 0 Å². The van der Waals surface area contributed by atoms with E-state index in [-0.39, 0.29) is 24.9 Å². The van der Waals surface area contributed by atoms with Crippen molar-refractivity contribution < 1.29 is 28.7 Å². The molecule has 0 spiro atoms. The molecule has 0 aromatic heterocycles. The van der Waals surface area contributed by atoms with E-state index in [1.165, 1.54) is 0 Å². The number of amides is 2. The normalized spacial score (nSPS) is 10.4. The van der Waals surface area contributed by atoms with Crippen LogP contribution in [-0.2, 0) is 23.9 Å². The summed E-state index contributed by atoms with van der Waals surface area (Å²) in [6.07, 6.45) is -0.491. The van der Waals surface area contributed by atoms with Gasteiger partial charge in [-0.15, -0.1) is 0 Å². The summed E-state index contributed by atoms with van der Waals surface area (Å²) < 4.78 is 10.0. The van der Waals surface area contributed by atoms with Gasteiger partial charge in [0.1, 0.15) is 0 Å². The highest BCUT2D eigenvalue weighted by Gasteiger charge is 2.13. The van der Waals surface area contributed by atoms with Gasteiger partial charge in [-0.2, -0.15) is 0 Å². The van der Waals surface area contributed by atoms with Crippen LogP contribution >= 0.6 is 0 Å². The lowest BCUT2D eigenvalue weighted by molar-refractivity contribution is -0.147. The van der Waals surface area contributed by atoms with Crippen LogP contribution in [0.4, 0.5) is 11.4 Å². The summed E-state index contributed by atoms with van der Waals surface area (Å²) in [7, 11) is 0. The molecule has 170 valence electrons. The Morgan fingerprint density at radius 1 is 0.844 bits per heavy atom. The van der Waals surface area contributed by atoms with Gasteiger partial charge in [0.25, 0.3) is 5.91 Å². The van der Waals surface area contributed by atoms with Gasteiger partial charge in [0.2, 0.25) is 5.91 Å². The van der Waals surface area contributed by atoms with Gasteiger partial charge in [0.05, 0.1) is 18.1 Å². The molecule has 0 aliphatic carbocycles. The molecule has 2 rings (SSSR count). The van der Waals surface area contributed by atoms with Crippen LogP contribution in [0.15, 0.2) is 42.5 Å². The first-order valence-corrected chi connectivity index (χ1v) is 10.3. The van der Waals surface area contributed by atoms with Crippen molar-refractivity contribution in [3.05, 3.63) is 59.2 Å². The quantitative estimate of drug-likeness (QED) is 0.574. The number of hydrogen-bond acceptors (Lipinski definition) is 6. The number of para-hydroxylation sites is 1. The van der Waals surface area contributed by atoms with Crippen LogP contribution in [0.25, 0.3) is 0 Å². The van der Waals surface area contributed by atoms with E-state index in [1.54, 1.807) is 38.1 Å². The number of aryl methyl sites for hydroxylation is 2. The SMILES string of the molecule is Cc1cccc(C)c1NC(=O)COC(=O)CCC(=O)Nc1ccc(C(=O)OC(C)C)cc1. The van der Waals surface area contributed by atoms with Crippen LogP contribution in [0.1, 0.15) is 48.2 Å². The number of carbonyl (C=O) groups is 4. The van der Waals surface area contributed by atoms with Gasteiger partial charge in [0, 0.05) is 17.8 Å². The van der Waals surface area contributed by atoms with Gasteiger partial charge in [-0.05, 0) is 63.1 Å². The number of anilines is 2. The maximum atomic E-state index is 12.0. The van der Waals surface area contributed by atoms with Crippen molar-refractivity contribution >= 4 is 35.1 Å². The summed E-state index contributed by atoms with van der Waals surface area (Å²) in [6.45, 7) is 6.84. The lowest BCUT2D eigenvalue weighted by atomic mass is 10.1. The second-order valence-electron chi connectivity index (χ2n) is 7.56. The van der Waals surface area contributed by atoms with E-state index in [9.17, 15) is 19.2 Å². The number of benzene rings is 2. The predicted octanol–water partition coefficient (Wildman–Crippen LogP) is 3.77. The minimum Gasteiger partial charge on any atom is -0.459 e. The molecule has 0 saturated carbocycles. The molecule has 0 atom stereocenters. The number of nitrogens with one attached hydrogen (secondary N) is 2. The third-order valence-electron chi connectivity index (χ3n) is 4.41. The summed E-state index contributed by atoms with van der Waals surface area (Å²) >= 11 is 0. The summed E-state index contributed by atoms with van der Waals surface area (Å²) in [5.41, 5.74) is 3.37. The fraction of sp³-hybridized carbons (Fsp3) is 0.333. The average Bonchev–Trinajstić information content (AvgIpc) is 2.73.